The summed E-state index contributed by atoms with van der Waals surface area (Å²) in [6, 6.07) is 2.94. The average molecular weight is 296 g/mol. The number of nitrogens with zero attached hydrogens (tertiary/aromatic N) is 1. The van der Waals surface area contributed by atoms with Crippen molar-refractivity contribution >= 4 is 20.9 Å². The van der Waals surface area contributed by atoms with Crippen LogP contribution in [0.4, 0.5) is 5.69 Å². The lowest BCUT2D eigenvalue weighted by molar-refractivity contribution is 0.289. The molecule has 0 saturated heterocycles. The zero-order valence-corrected chi connectivity index (χ0v) is 11.5. The van der Waals surface area contributed by atoms with Crippen molar-refractivity contribution in [3.8, 4) is 0 Å². The van der Waals surface area contributed by atoms with E-state index in [0.717, 1.165) is 14.2 Å². The van der Waals surface area contributed by atoms with Gasteiger partial charge >= 0.3 is 15.2 Å². The quantitative estimate of drug-likeness (QED) is 0.675. The number of anilines is 1. The first-order valence-corrected chi connectivity index (χ1v) is 8.06. The molecule has 0 aliphatic rings. The standard InChI is InChI=1S/C8H14N2O6P2/c1-15-17(11,12)8(18(13,14)16-2)10-7-3-5-9-6-4-7/h3-6,8H,1-2H3,(H,9,10)(H,11,12)(H,13,14). The lowest BCUT2D eigenvalue weighted by Gasteiger charge is -2.25. The van der Waals surface area contributed by atoms with Gasteiger partial charge in [0.2, 0.25) is 5.52 Å². The van der Waals surface area contributed by atoms with Gasteiger partial charge in [-0.05, 0) is 12.1 Å². The summed E-state index contributed by atoms with van der Waals surface area (Å²) >= 11 is 0. The summed E-state index contributed by atoms with van der Waals surface area (Å²) in [6.45, 7) is 0. The summed E-state index contributed by atoms with van der Waals surface area (Å²) in [5.74, 6) is 0. The molecular weight excluding hydrogens is 282 g/mol. The molecule has 0 amide bonds. The molecule has 0 aromatic carbocycles. The molecule has 10 heteroatoms. The van der Waals surface area contributed by atoms with Crippen molar-refractivity contribution < 1.29 is 28.0 Å². The van der Waals surface area contributed by atoms with Gasteiger partial charge in [0.1, 0.15) is 0 Å². The van der Waals surface area contributed by atoms with Crippen LogP contribution in [0.15, 0.2) is 24.5 Å². The van der Waals surface area contributed by atoms with Gasteiger partial charge in [-0.1, -0.05) is 0 Å². The minimum absolute atomic E-state index is 0.340. The van der Waals surface area contributed by atoms with Gasteiger partial charge in [-0.2, -0.15) is 0 Å². The summed E-state index contributed by atoms with van der Waals surface area (Å²) in [5, 5.41) is 2.45. The molecule has 0 aliphatic carbocycles. The van der Waals surface area contributed by atoms with Crippen LogP contribution in [0.1, 0.15) is 0 Å². The molecule has 0 aliphatic heterocycles. The summed E-state index contributed by atoms with van der Waals surface area (Å²) < 4.78 is 32.2. The molecule has 0 radical (unpaired) electrons. The van der Waals surface area contributed by atoms with Crippen molar-refractivity contribution in [1.29, 1.82) is 0 Å². The van der Waals surface area contributed by atoms with Crippen LogP contribution in [-0.2, 0) is 18.2 Å². The Morgan fingerprint density at radius 2 is 1.61 bits per heavy atom. The van der Waals surface area contributed by atoms with Gasteiger partial charge in [-0.15, -0.1) is 0 Å². The third-order valence-electron chi connectivity index (χ3n) is 2.12. The number of aromatic nitrogens is 1. The van der Waals surface area contributed by atoms with Crippen molar-refractivity contribution in [2.24, 2.45) is 0 Å². The predicted molar refractivity (Wildman–Crippen MR) is 65.3 cm³/mol. The normalized spacial score (nSPS) is 19.6. The van der Waals surface area contributed by atoms with Crippen LogP contribution in [0.5, 0.6) is 0 Å². The van der Waals surface area contributed by atoms with E-state index in [9.17, 15) is 18.9 Å². The van der Waals surface area contributed by atoms with E-state index in [1.807, 2.05) is 0 Å². The van der Waals surface area contributed by atoms with Crippen LogP contribution in [0.2, 0.25) is 0 Å². The Morgan fingerprint density at radius 3 is 2.00 bits per heavy atom. The fourth-order valence-corrected chi connectivity index (χ4v) is 4.21. The Morgan fingerprint density at radius 1 is 1.17 bits per heavy atom. The van der Waals surface area contributed by atoms with Gasteiger partial charge in [-0.3, -0.25) is 14.1 Å². The third-order valence-corrected chi connectivity index (χ3v) is 6.41. The molecule has 1 aromatic heterocycles. The second-order valence-electron chi connectivity index (χ2n) is 3.25. The first-order valence-electron chi connectivity index (χ1n) is 4.76. The van der Waals surface area contributed by atoms with Crippen molar-refractivity contribution in [1.82, 2.24) is 4.98 Å². The molecule has 0 bridgehead atoms. The van der Waals surface area contributed by atoms with E-state index in [2.05, 4.69) is 19.3 Å². The Balaban J connectivity index is 3.08. The SMILES string of the molecule is COP(=O)(O)C(Nc1ccncc1)P(=O)(O)OC. The molecule has 0 fully saturated rings. The zero-order chi connectivity index (χ0) is 13.8. The van der Waals surface area contributed by atoms with Crippen molar-refractivity contribution in [2.75, 3.05) is 19.5 Å². The smallest absolute Gasteiger partial charge is 0.362 e. The highest BCUT2D eigenvalue weighted by Gasteiger charge is 2.46. The van der Waals surface area contributed by atoms with Gasteiger partial charge in [-0.25, -0.2) is 0 Å². The molecule has 18 heavy (non-hydrogen) atoms. The zero-order valence-electron chi connectivity index (χ0n) is 9.76. The lowest BCUT2D eigenvalue weighted by atomic mass is 10.4. The maximum Gasteiger partial charge on any atom is 0.362 e. The number of hydrogen-bond acceptors (Lipinski definition) is 6. The van der Waals surface area contributed by atoms with Gasteiger partial charge in [0.05, 0.1) is 0 Å². The summed E-state index contributed by atoms with van der Waals surface area (Å²) in [5.41, 5.74) is -1.44. The Kier molecular flexibility index (Phi) is 5.04. The fraction of sp³-hybridized carbons (Fsp3) is 0.375. The molecule has 2 atom stereocenters. The topological polar surface area (TPSA) is 118 Å². The van der Waals surface area contributed by atoms with Crippen LogP contribution in [-0.4, -0.2) is 34.5 Å². The van der Waals surface area contributed by atoms with Crippen LogP contribution in [0.25, 0.3) is 0 Å². The van der Waals surface area contributed by atoms with E-state index in [0.29, 0.717) is 5.69 Å². The Labute approximate surface area is 104 Å². The molecule has 8 nitrogen and oxygen atoms in total. The number of rotatable bonds is 6. The summed E-state index contributed by atoms with van der Waals surface area (Å²) in [6.07, 6.45) is 2.84. The Hall–Kier alpha value is -0.750. The highest BCUT2D eigenvalue weighted by atomic mass is 31.2. The van der Waals surface area contributed by atoms with Crippen LogP contribution < -0.4 is 5.32 Å². The van der Waals surface area contributed by atoms with Gasteiger partial charge in [0, 0.05) is 32.3 Å². The summed E-state index contributed by atoms with van der Waals surface area (Å²) in [4.78, 5) is 22.9. The largest absolute Gasteiger partial charge is 0.362 e. The van der Waals surface area contributed by atoms with E-state index in [1.54, 1.807) is 0 Å². The molecule has 3 N–H and O–H groups in total. The van der Waals surface area contributed by atoms with Crippen molar-refractivity contribution in [2.45, 2.75) is 5.52 Å². The monoisotopic (exact) mass is 296 g/mol. The maximum atomic E-state index is 11.7. The minimum atomic E-state index is -4.36. The van der Waals surface area contributed by atoms with Crippen LogP contribution >= 0.6 is 15.2 Å². The fourth-order valence-electron chi connectivity index (χ4n) is 1.14. The number of nitrogens with one attached hydrogen (secondary N) is 1. The van der Waals surface area contributed by atoms with Gasteiger partial charge in [0.15, 0.2) is 0 Å². The second kappa shape index (κ2) is 5.93. The molecule has 1 aromatic rings. The molecular formula is C8H14N2O6P2. The van der Waals surface area contributed by atoms with Crippen molar-refractivity contribution in [3.05, 3.63) is 24.5 Å². The number of pyridine rings is 1. The molecule has 2 unspecified atom stereocenters. The molecule has 102 valence electrons. The molecule has 0 saturated carbocycles. The van der Waals surface area contributed by atoms with Gasteiger partial charge < -0.3 is 24.2 Å². The highest BCUT2D eigenvalue weighted by molar-refractivity contribution is 7.72. The lowest BCUT2D eigenvalue weighted by Crippen LogP contribution is -2.21. The average Bonchev–Trinajstić information content (AvgIpc) is 2.37. The molecule has 0 spiro atoms. The van der Waals surface area contributed by atoms with E-state index in [-0.39, 0.29) is 0 Å². The first kappa shape index (κ1) is 15.3. The minimum Gasteiger partial charge on any atom is -0.362 e. The van der Waals surface area contributed by atoms with Gasteiger partial charge in [0.25, 0.3) is 0 Å². The maximum absolute atomic E-state index is 11.7. The highest BCUT2D eigenvalue weighted by Crippen LogP contribution is 2.64. The van der Waals surface area contributed by atoms with Crippen LogP contribution in [0, 0.1) is 0 Å². The van der Waals surface area contributed by atoms with E-state index >= 15 is 0 Å². The van der Waals surface area contributed by atoms with E-state index in [1.165, 1.54) is 24.5 Å². The first-order chi connectivity index (χ1) is 8.33. The predicted octanol–water partition coefficient (Wildman–Crippen LogP) is 1.44. The second-order valence-corrected chi connectivity index (χ2v) is 7.67. The van der Waals surface area contributed by atoms with Crippen molar-refractivity contribution in [3.63, 3.8) is 0 Å². The molecule has 1 heterocycles. The van der Waals surface area contributed by atoms with Crippen LogP contribution in [0.3, 0.4) is 0 Å². The van der Waals surface area contributed by atoms with E-state index in [4.69, 9.17) is 0 Å². The number of hydrogen-bond donors (Lipinski definition) is 3. The third kappa shape index (κ3) is 3.62. The van der Waals surface area contributed by atoms with E-state index < -0.39 is 20.7 Å². The summed E-state index contributed by atoms with van der Waals surface area (Å²) in [7, 11) is -6.77. The Bertz CT molecular complexity index is 458. The molecule has 1 rings (SSSR count).